The van der Waals surface area contributed by atoms with Gasteiger partial charge in [-0.15, -0.1) is 0 Å². The maximum Gasteiger partial charge on any atom is 0.276 e. The molecule has 0 bridgehead atoms. The van der Waals surface area contributed by atoms with Crippen molar-refractivity contribution < 1.29 is 4.58 Å². The van der Waals surface area contributed by atoms with Crippen LogP contribution in [0.2, 0.25) is 0 Å². The van der Waals surface area contributed by atoms with E-state index in [4.69, 9.17) is 0 Å². The number of amidine groups is 1. The summed E-state index contributed by atoms with van der Waals surface area (Å²) >= 11 is 0. The predicted molar refractivity (Wildman–Crippen MR) is 64.4 cm³/mol. The van der Waals surface area contributed by atoms with Crippen LogP contribution in [0.4, 0.5) is 0 Å². The van der Waals surface area contributed by atoms with Crippen molar-refractivity contribution in [2.75, 3.05) is 7.05 Å². The summed E-state index contributed by atoms with van der Waals surface area (Å²) in [5.74, 6) is 1.44. The molecule has 2 aliphatic heterocycles. The lowest BCUT2D eigenvalue weighted by molar-refractivity contribution is -0.526. The van der Waals surface area contributed by atoms with Gasteiger partial charge >= 0.3 is 0 Å². The van der Waals surface area contributed by atoms with Crippen molar-refractivity contribution in [1.82, 2.24) is 4.90 Å². The van der Waals surface area contributed by atoms with Gasteiger partial charge in [-0.25, -0.2) is 4.90 Å². The SMILES string of the molecule is CC1=C(C)C(C)(C)N2C1=[N+](C)C(C)C2C. The minimum Gasteiger partial charge on any atom is -0.258 e. The summed E-state index contributed by atoms with van der Waals surface area (Å²) in [4.78, 5) is 2.59. The molecule has 0 saturated heterocycles. The molecule has 0 aromatic heterocycles. The molecule has 0 aromatic rings. The first kappa shape index (κ1) is 10.7. The summed E-state index contributed by atoms with van der Waals surface area (Å²) < 4.78 is 2.43. The van der Waals surface area contributed by atoms with Crippen molar-refractivity contribution in [2.24, 2.45) is 0 Å². The minimum atomic E-state index is 0.192. The molecule has 0 N–H and O–H groups in total. The van der Waals surface area contributed by atoms with Crippen LogP contribution in [-0.2, 0) is 0 Å². The third kappa shape index (κ3) is 1.08. The van der Waals surface area contributed by atoms with Crippen molar-refractivity contribution in [3.63, 3.8) is 0 Å². The highest BCUT2D eigenvalue weighted by atomic mass is 15.4. The largest absolute Gasteiger partial charge is 0.276 e. The van der Waals surface area contributed by atoms with Gasteiger partial charge in [-0.05, 0) is 47.1 Å². The van der Waals surface area contributed by atoms with Crippen LogP contribution in [0.1, 0.15) is 41.5 Å². The van der Waals surface area contributed by atoms with Crippen LogP contribution >= 0.6 is 0 Å². The Hall–Kier alpha value is -0.790. The predicted octanol–water partition coefficient (Wildman–Crippen LogP) is 2.25. The van der Waals surface area contributed by atoms with Crippen molar-refractivity contribution in [3.8, 4) is 0 Å². The fourth-order valence-corrected chi connectivity index (χ4v) is 3.12. The normalized spacial score (nSPS) is 34.2. The number of rotatable bonds is 0. The van der Waals surface area contributed by atoms with E-state index < -0.39 is 0 Å². The smallest absolute Gasteiger partial charge is 0.258 e. The van der Waals surface area contributed by atoms with Crippen LogP contribution in [0.25, 0.3) is 0 Å². The minimum absolute atomic E-state index is 0.192. The zero-order valence-corrected chi connectivity index (χ0v) is 11.0. The average Bonchev–Trinajstić information content (AvgIpc) is 2.49. The molecule has 0 amide bonds. The Bertz CT molecular complexity index is 374. The Morgan fingerprint density at radius 1 is 1.20 bits per heavy atom. The Balaban J connectivity index is 2.62. The highest BCUT2D eigenvalue weighted by molar-refractivity contribution is 5.99. The fraction of sp³-hybridized carbons (Fsp3) is 0.769. The van der Waals surface area contributed by atoms with Gasteiger partial charge in [0.1, 0.15) is 17.6 Å². The quantitative estimate of drug-likeness (QED) is 0.552. The summed E-state index contributed by atoms with van der Waals surface area (Å²) in [6.07, 6.45) is 0. The second kappa shape index (κ2) is 2.87. The molecule has 15 heavy (non-hydrogen) atoms. The molecule has 0 spiro atoms. The van der Waals surface area contributed by atoms with E-state index >= 15 is 0 Å². The summed E-state index contributed by atoms with van der Waals surface area (Å²) in [5.41, 5.74) is 3.18. The van der Waals surface area contributed by atoms with Gasteiger partial charge in [-0.3, -0.25) is 4.58 Å². The molecule has 2 atom stereocenters. The van der Waals surface area contributed by atoms with Crippen molar-refractivity contribution in [3.05, 3.63) is 11.1 Å². The van der Waals surface area contributed by atoms with Gasteiger partial charge in [0.05, 0.1) is 7.05 Å². The van der Waals surface area contributed by atoms with Gasteiger partial charge in [0, 0.05) is 5.57 Å². The molecule has 2 heteroatoms. The highest BCUT2D eigenvalue weighted by Crippen LogP contribution is 2.40. The summed E-state index contributed by atoms with van der Waals surface area (Å²) in [6.45, 7) is 13.8. The van der Waals surface area contributed by atoms with E-state index in [9.17, 15) is 0 Å². The molecule has 0 aliphatic carbocycles. The molecule has 2 aliphatic rings. The van der Waals surface area contributed by atoms with Gasteiger partial charge < -0.3 is 0 Å². The molecule has 0 aromatic carbocycles. The van der Waals surface area contributed by atoms with Gasteiger partial charge in [-0.1, -0.05) is 0 Å². The number of hydrogen-bond acceptors (Lipinski definition) is 1. The fourth-order valence-electron chi connectivity index (χ4n) is 3.12. The lowest BCUT2D eigenvalue weighted by atomic mass is 9.93. The molecular formula is C13H23N2+. The van der Waals surface area contributed by atoms with Crippen LogP contribution < -0.4 is 0 Å². The summed E-state index contributed by atoms with van der Waals surface area (Å²) in [7, 11) is 2.22. The van der Waals surface area contributed by atoms with E-state index in [0.29, 0.717) is 12.1 Å². The number of likely N-dealkylation sites (N-methyl/N-ethyl adjacent to an activating group) is 1. The first-order valence-electron chi connectivity index (χ1n) is 5.87. The van der Waals surface area contributed by atoms with Crippen LogP contribution in [0.3, 0.4) is 0 Å². The molecule has 84 valence electrons. The molecule has 0 fully saturated rings. The number of nitrogens with zero attached hydrogens (tertiary/aromatic N) is 2. The monoisotopic (exact) mass is 207 g/mol. The maximum absolute atomic E-state index is 2.59. The lowest BCUT2D eigenvalue weighted by Crippen LogP contribution is -2.47. The van der Waals surface area contributed by atoms with E-state index in [-0.39, 0.29) is 5.54 Å². The number of fused-ring (bicyclic) bond motifs is 1. The molecule has 0 saturated carbocycles. The summed E-state index contributed by atoms with van der Waals surface area (Å²) in [5, 5.41) is 0. The van der Waals surface area contributed by atoms with Crippen LogP contribution in [0, 0.1) is 0 Å². The van der Waals surface area contributed by atoms with Gasteiger partial charge in [0.2, 0.25) is 0 Å². The average molecular weight is 207 g/mol. The lowest BCUT2D eigenvalue weighted by Gasteiger charge is -2.30. The van der Waals surface area contributed by atoms with Crippen molar-refractivity contribution in [1.29, 1.82) is 0 Å². The van der Waals surface area contributed by atoms with E-state index in [0.717, 1.165) is 0 Å². The Morgan fingerprint density at radius 2 is 1.73 bits per heavy atom. The molecule has 2 unspecified atom stereocenters. The van der Waals surface area contributed by atoms with Crippen LogP contribution in [0.5, 0.6) is 0 Å². The molecule has 2 heterocycles. The third-order valence-electron chi connectivity index (χ3n) is 4.70. The zero-order valence-electron chi connectivity index (χ0n) is 11.0. The second-order valence-corrected chi connectivity index (χ2v) is 5.59. The molecule has 2 rings (SSSR count). The van der Waals surface area contributed by atoms with Gasteiger partial charge in [-0.2, -0.15) is 0 Å². The molecule has 2 nitrogen and oxygen atoms in total. The van der Waals surface area contributed by atoms with Gasteiger partial charge in [0.25, 0.3) is 5.84 Å². The summed E-state index contributed by atoms with van der Waals surface area (Å²) in [6, 6.07) is 1.22. The van der Waals surface area contributed by atoms with E-state index in [1.807, 2.05) is 0 Å². The van der Waals surface area contributed by atoms with Crippen LogP contribution in [-0.4, -0.2) is 40.0 Å². The Morgan fingerprint density at radius 3 is 2.20 bits per heavy atom. The third-order valence-corrected chi connectivity index (χ3v) is 4.70. The number of hydrogen-bond donors (Lipinski definition) is 0. The van der Waals surface area contributed by atoms with E-state index in [1.54, 1.807) is 0 Å². The van der Waals surface area contributed by atoms with Crippen molar-refractivity contribution >= 4 is 5.84 Å². The Kier molecular flexibility index (Phi) is 2.05. The maximum atomic E-state index is 2.59. The van der Waals surface area contributed by atoms with Gasteiger partial charge in [0.15, 0.2) is 0 Å². The van der Waals surface area contributed by atoms with E-state index in [2.05, 4.69) is 58.1 Å². The molecule has 0 radical (unpaired) electrons. The van der Waals surface area contributed by atoms with Crippen LogP contribution in [0.15, 0.2) is 11.1 Å². The second-order valence-electron chi connectivity index (χ2n) is 5.59. The van der Waals surface area contributed by atoms with E-state index in [1.165, 1.54) is 17.0 Å². The Labute approximate surface area is 93.3 Å². The first-order valence-corrected chi connectivity index (χ1v) is 5.87. The first-order chi connectivity index (χ1) is 6.80. The highest BCUT2D eigenvalue weighted by Gasteiger charge is 2.55. The molecular weight excluding hydrogens is 184 g/mol. The topological polar surface area (TPSA) is 6.25 Å². The zero-order chi connectivity index (χ0) is 11.5. The standard InChI is InChI=1S/C13H23N2/c1-8-9(2)13(5,6)15-11(4)10(3)14(7)12(8)15/h10-11H,1-7H3/q+1. The van der Waals surface area contributed by atoms with Crippen molar-refractivity contribution in [2.45, 2.75) is 59.2 Å².